The molecule has 0 bridgehead atoms. The van der Waals surface area contributed by atoms with Crippen LogP contribution in [0, 0.1) is 0 Å². The Kier molecular flexibility index (Phi) is 7.21. The second kappa shape index (κ2) is 8.48. The molecule has 0 aliphatic carbocycles. The minimum absolute atomic E-state index is 0.175. The van der Waals surface area contributed by atoms with Crippen molar-refractivity contribution in [3.63, 3.8) is 0 Å². The summed E-state index contributed by atoms with van der Waals surface area (Å²) in [5, 5.41) is 2.93. The predicted octanol–water partition coefficient (Wildman–Crippen LogP) is 0.930. The maximum Gasteiger partial charge on any atom is 0.234 e. The minimum Gasteiger partial charge on any atom is -0.355 e. The summed E-state index contributed by atoms with van der Waals surface area (Å²) in [4.78, 5) is 16.3. The summed E-state index contributed by atoms with van der Waals surface area (Å²) in [5.41, 5.74) is 0. The molecule has 4 nitrogen and oxygen atoms in total. The van der Waals surface area contributed by atoms with E-state index in [1.807, 2.05) is 0 Å². The number of carbonyl (C=O) groups excluding carboxylic acids is 1. The molecule has 100 valence electrons. The quantitative estimate of drug-likeness (QED) is 0.720. The molecule has 1 aliphatic rings. The first-order chi connectivity index (χ1) is 8.26. The van der Waals surface area contributed by atoms with Crippen LogP contribution in [0.2, 0.25) is 0 Å². The van der Waals surface area contributed by atoms with Gasteiger partial charge in [-0.1, -0.05) is 20.3 Å². The zero-order valence-corrected chi connectivity index (χ0v) is 11.4. The van der Waals surface area contributed by atoms with Crippen LogP contribution in [0.25, 0.3) is 0 Å². The lowest BCUT2D eigenvalue weighted by atomic mass is 10.2. The monoisotopic (exact) mass is 241 g/mol. The highest BCUT2D eigenvalue weighted by Crippen LogP contribution is 2.03. The third kappa shape index (κ3) is 6.03. The number of piperazine rings is 1. The van der Waals surface area contributed by atoms with Gasteiger partial charge in [-0.15, -0.1) is 0 Å². The van der Waals surface area contributed by atoms with Gasteiger partial charge in [-0.25, -0.2) is 0 Å². The zero-order valence-electron chi connectivity index (χ0n) is 11.4. The van der Waals surface area contributed by atoms with Gasteiger partial charge in [0, 0.05) is 32.7 Å². The lowest BCUT2D eigenvalue weighted by molar-refractivity contribution is -0.122. The summed E-state index contributed by atoms with van der Waals surface area (Å²) in [6.07, 6.45) is 3.56. The number of rotatable bonds is 7. The number of hydrogen-bond donors (Lipinski definition) is 1. The Morgan fingerprint density at radius 2 is 1.71 bits per heavy atom. The second-order valence-corrected chi connectivity index (χ2v) is 4.82. The summed E-state index contributed by atoms with van der Waals surface area (Å²) >= 11 is 0. The third-order valence-electron chi connectivity index (χ3n) is 3.23. The van der Waals surface area contributed by atoms with Crippen LogP contribution < -0.4 is 5.32 Å². The Hall–Kier alpha value is -0.610. The van der Waals surface area contributed by atoms with E-state index in [0.29, 0.717) is 6.54 Å². The molecule has 0 aromatic carbocycles. The van der Waals surface area contributed by atoms with E-state index in [4.69, 9.17) is 0 Å². The molecule has 1 heterocycles. The summed E-state index contributed by atoms with van der Waals surface area (Å²) in [6, 6.07) is 0. The Bertz CT molecular complexity index is 213. The molecule has 1 amide bonds. The number of unbranched alkanes of at least 4 members (excludes halogenated alkanes) is 1. The van der Waals surface area contributed by atoms with Crippen molar-refractivity contribution >= 4 is 5.91 Å². The normalized spacial score (nSPS) is 18.2. The van der Waals surface area contributed by atoms with E-state index in [0.717, 1.165) is 39.1 Å². The van der Waals surface area contributed by atoms with Gasteiger partial charge in [-0.2, -0.15) is 0 Å². The maximum atomic E-state index is 11.6. The van der Waals surface area contributed by atoms with E-state index in [-0.39, 0.29) is 5.91 Å². The van der Waals surface area contributed by atoms with Crippen molar-refractivity contribution in [3.8, 4) is 0 Å². The number of nitrogens with zero attached hydrogens (tertiary/aromatic N) is 2. The molecule has 1 N–H and O–H groups in total. The smallest absolute Gasteiger partial charge is 0.234 e. The SMILES string of the molecule is CCCCN1CCN(CC(=O)NCCC)CC1. The minimum atomic E-state index is 0.175. The lowest BCUT2D eigenvalue weighted by Gasteiger charge is -2.34. The van der Waals surface area contributed by atoms with Crippen molar-refractivity contribution in [1.82, 2.24) is 15.1 Å². The van der Waals surface area contributed by atoms with Crippen LogP contribution in [0.4, 0.5) is 0 Å². The first-order valence-electron chi connectivity index (χ1n) is 6.97. The highest BCUT2D eigenvalue weighted by atomic mass is 16.2. The highest BCUT2D eigenvalue weighted by Gasteiger charge is 2.17. The number of nitrogens with one attached hydrogen (secondary N) is 1. The molecule has 0 aromatic rings. The topological polar surface area (TPSA) is 35.6 Å². The fraction of sp³-hybridized carbons (Fsp3) is 0.923. The zero-order chi connectivity index (χ0) is 12.5. The molecule has 0 radical (unpaired) electrons. The number of carbonyl (C=O) groups is 1. The van der Waals surface area contributed by atoms with Gasteiger partial charge in [0.1, 0.15) is 0 Å². The van der Waals surface area contributed by atoms with Crippen LogP contribution in [0.1, 0.15) is 33.1 Å². The van der Waals surface area contributed by atoms with Crippen molar-refractivity contribution in [2.75, 3.05) is 45.8 Å². The van der Waals surface area contributed by atoms with E-state index in [1.165, 1.54) is 19.4 Å². The Morgan fingerprint density at radius 1 is 1.06 bits per heavy atom. The largest absolute Gasteiger partial charge is 0.355 e. The van der Waals surface area contributed by atoms with Crippen LogP contribution in [0.15, 0.2) is 0 Å². The van der Waals surface area contributed by atoms with Gasteiger partial charge in [0.25, 0.3) is 0 Å². The molecular weight excluding hydrogens is 214 g/mol. The fourth-order valence-corrected chi connectivity index (χ4v) is 2.08. The molecule has 0 aromatic heterocycles. The second-order valence-electron chi connectivity index (χ2n) is 4.82. The van der Waals surface area contributed by atoms with Crippen LogP contribution in [-0.4, -0.2) is 61.5 Å². The van der Waals surface area contributed by atoms with Crippen molar-refractivity contribution in [3.05, 3.63) is 0 Å². The van der Waals surface area contributed by atoms with Gasteiger partial charge in [-0.05, 0) is 19.4 Å². The average Bonchev–Trinajstić information content (AvgIpc) is 2.35. The summed E-state index contributed by atoms with van der Waals surface area (Å²) in [7, 11) is 0. The molecule has 1 aliphatic heterocycles. The van der Waals surface area contributed by atoms with Crippen molar-refractivity contribution < 1.29 is 4.79 Å². The molecule has 0 spiro atoms. The molecule has 0 unspecified atom stereocenters. The molecule has 4 heteroatoms. The first kappa shape index (κ1) is 14.5. The standard InChI is InChI=1S/C13H27N3O/c1-3-5-7-15-8-10-16(11-9-15)12-13(17)14-6-4-2/h3-12H2,1-2H3,(H,14,17). The van der Waals surface area contributed by atoms with E-state index < -0.39 is 0 Å². The molecule has 1 rings (SSSR count). The van der Waals surface area contributed by atoms with Gasteiger partial charge < -0.3 is 10.2 Å². The predicted molar refractivity (Wildman–Crippen MR) is 71.1 cm³/mol. The highest BCUT2D eigenvalue weighted by molar-refractivity contribution is 5.77. The lowest BCUT2D eigenvalue weighted by Crippen LogP contribution is -2.49. The van der Waals surface area contributed by atoms with Gasteiger partial charge in [-0.3, -0.25) is 9.69 Å². The average molecular weight is 241 g/mol. The number of hydrogen-bond acceptors (Lipinski definition) is 3. The fourth-order valence-electron chi connectivity index (χ4n) is 2.08. The van der Waals surface area contributed by atoms with E-state index in [2.05, 4.69) is 29.0 Å². The Labute approximate surface area is 105 Å². The van der Waals surface area contributed by atoms with Crippen molar-refractivity contribution in [2.45, 2.75) is 33.1 Å². The number of amides is 1. The Morgan fingerprint density at radius 3 is 2.29 bits per heavy atom. The molecule has 0 atom stereocenters. The summed E-state index contributed by atoms with van der Waals surface area (Å²) in [6.45, 7) is 11.2. The van der Waals surface area contributed by atoms with Crippen LogP contribution in [-0.2, 0) is 4.79 Å². The maximum absolute atomic E-state index is 11.6. The molecule has 1 fully saturated rings. The van der Waals surface area contributed by atoms with E-state index in [1.54, 1.807) is 0 Å². The molecular formula is C13H27N3O. The van der Waals surface area contributed by atoms with Gasteiger partial charge in [0.05, 0.1) is 6.54 Å². The van der Waals surface area contributed by atoms with Crippen molar-refractivity contribution in [1.29, 1.82) is 0 Å². The first-order valence-corrected chi connectivity index (χ1v) is 6.97. The van der Waals surface area contributed by atoms with E-state index >= 15 is 0 Å². The third-order valence-corrected chi connectivity index (χ3v) is 3.23. The van der Waals surface area contributed by atoms with Crippen LogP contribution >= 0.6 is 0 Å². The van der Waals surface area contributed by atoms with Crippen LogP contribution in [0.3, 0.4) is 0 Å². The van der Waals surface area contributed by atoms with E-state index in [9.17, 15) is 4.79 Å². The van der Waals surface area contributed by atoms with Gasteiger partial charge in [0.15, 0.2) is 0 Å². The van der Waals surface area contributed by atoms with Gasteiger partial charge in [0.2, 0.25) is 5.91 Å². The molecule has 1 saturated heterocycles. The Balaban J connectivity index is 2.12. The van der Waals surface area contributed by atoms with Crippen molar-refractivity contribution in [2.24, 2.45) is 0 Å². The summed E-state index contributed by atoms with van der Waals surface area (Å²) in [5.74, 6) is 0.175. The molecule has 17 heavy (non-hydrogen) atoms. The molecule has 0 saturated carbocycles. The summed E-state index contributed by atoms with van der Waals surface area (Å²) < 4.78 is 0. The van der Waals surface area contributed by atoms with Gasteiger partial charge >= 0.3 is 0 Å². The van der Waals surface area contributed by atoms with Crippen LogP contribution in [0.5, 0.6) is 0 Å².